The quantitative estimate of drug-likeness (QED) is 0.296. The van der Waals surface area contributed by atoms with Crippen LogP contribution in [0.3, 0.4) is 0 Å². The van der Waals surface area contributed by atoms with Gasteiger partial charge in [-0.25, -0.2) is 0 Å². The molecule has 154 valence electrons. The predicted molar refractivity (Wildman–Crippen MR) is 125 cm³/mol. The maximum atomic E-state index is 5.63. The van der Waals surface area contributed by atoms with Crippen LogP contribution in [0.4, 0.5) is 0 Å². The van der Waals surface area contributed by atoms with Gasteiger partial charge in [-0.2, -0.15) is 0 Å². The molecule has 3 N–H and O–H groups in total. The molecular weight excluding hydrogens is 451 g/mol. The maximum Gasteiger partial charge on any atom is 0.191 e. The highest BCUT2D eigenvalue weighted by molar-refractivity contribution is 14.0. The first-order valence-corrected chi connectivity index (χ1v) is 10.0. The molecule has 5 nitrogen and oxygen atoms in total. The monoisotopic (exact) mass is 488 g/mol. The van der Waals surface area contributed by atoms with Crippen molar-refractivity contribution in [1.82, 2.24) is 16.0 Å². The van der Waals surface area contributed by atoms with Crippen LogP contribution in [0.5, 0.6) is 0 Å². The molecule has 1 aromatic carbocycles. The number of hydrogen-bond acceptors (Lipinski definition) is 3. The summed E-state index contributed by atoms with van der Waals surface area (Å²) in [6, 6.07) is 11.3. The minimum absolute atomic E-state index is 0. The smallest absolute Gasteiger partial charge is 0.191 e. The molecule has 0 bridgehead atoms. The lowest BCUT2D eigenvalue weighted by Crippen LogP contribution is -2.53. The second-order valence-corrected chi connectivity index (χ2v) is 7.32. The van der Waals surface area contributed by atoms with E-state index in [1.54, 1.807) is 0 Å². The molecule has 0 saturated carbocycles. The van der Waals surface area contributed by atoms with Crippen molar-refractivity contribution in [2.24, 2.45) is 4.99 Å². The molecular formula is C21H37IN4O. The van der Waals surface area contributed by atoms with E-state index in [1.165, 1.54) is 5.56 Å². The van der Waals surface area contributed by atoms with E-state index in [0.717, 1.165) is 51.5 Å². The highest BCUT2D eigenvalue weighted by Gasteiger charge is 2.34. The second kappa shape index (κ2) is 12.6. The average Bonchev–Trinajstić information content (AvgIpc) is 2.67. The largest absolute Gasteiger partial charge is 0.381 e. The van der Waals surface area contributed by atoms with E-state index < -0.39 is 0 Å². The Bertz CT molecular complexity index is 546. The molecule has 0 amide bonds. The standard InChI is InChI=1S/C21H36N4O.HI/c1-5-17(3)24-20(22-6-2)23-16-21(12-14-26-15-13-21)25-18(4)19-10-8-7-9-11-19;/h7-11,17-18,25H,5-6,12-16H2,1-4H3,(H2,22,23,24);1H. The number of nitrogens with one attached hydrogen (secondary N) is 3. The highest BCUT2D eigenvalue weighted by atomic mass is 127. The van der Waals surface area contributed by atoms with E-state index in [4.69, 9.17) is 9.73 Å². The SMILES string of the molecule is CCNC(=NCC1(NC(C)c2ccccc2)CCOCC1)NC(C)CC.I. The lowest BCUT2D eigenvalue weighted by atomic mass is 9.88. The zero-order valence-corrected chi connectivity index (χ0v) is 19.6. The Morgan fingerprint density at radius 1 is 1.15 bits per heavy atom. The van der Waals surface area contributed by atoms with E-state index in [9.17, 15) is 0 Å². The van der Waals surface area contributed by atoms with Crippen LogP contribution in [0.2, 0.25) is 0 Å². The third kappa shape index (κ3) is 7.95. The van der Waals surface area contributed by atoms with Crippen LogP contribution in [0, 0.1) is 0 Å². The topological polar surface area (TPSA) is 57.7 Å². The number of ether oxygens (including phenoxy) is 1. The molecule has 1 aliphatic rings. The van der Waals surface area contributed by atoms with Crippen molar-refractivity contribution in [1.29, 1.82) is 0 Å². The van der Waals surface area contributed by atoms with Gasteiger partial charge >= 0.3 is 0 Å². The van der Waals surface area contributed by atoms with Gasteiger partial charge in [0.05, 0.1) is 6.54 Å². The number of nitrogens with zero attached hydrogens (tertiary/aromatic N) is 1. The zero-order chi connectivity index (χ0) is 18.8. The molecule has 0 aliphatic carbocycles. The van der Waals surface area contributed by atoms with E-state index in [2.05, 4.69) is 74.0 Å². The Morgan fingerprint density at radius 3 is 2.41 bits per heavy atom. The summed E-state index contributed by atoms with van der Waals surface area (Å²) >= 11 is 0. The van der Waals surface area contributed by atoms with Gasteiger partial charge in [0.1, 0.15) is 0 Å². The van der Waals surface area contributed by atoms with Crippen molar-refractivity contribution in [3.8, 4) is 0 Å². The van der Waals surface area contributed by atoms with Crippen molar-refractivity contribution in [2.75, 3.05) is 26.3 Å². The molecule has 0 radical (unpaired) electrons. The minimum atomic E-state index is -0.0225. The van der Waals surface area contributed by atoms with Crippen molar-refractivity contribution in [3.63, 3.8) is 0 Å². The number of rotatable bonds is 8. The molecule has 1 fully saturated rings. The van der Waals surface area contributed by atoms with Crippen LogP contribution in [-0.4, -0.2) is 43.8 Å². The molecule has 6 heteroatoms. The van der Waals surface area contributed by atoms with Gasteiger partial charge in [0.2, 0.25) is 0 Å². The lowest BCUT2D eigenvalue weighted by Gasteiger charge is -2.39. The van der Waals surface area contributed by atoms with Gasteiger partial charge in [0.25, 0.3) is 0 Å². The fourth-order valence-corrected chi connectivity index (χ4v) is 3.28. The van der Waals surface area contributed by atoms with E-state index in [0.29, 0.717) is 6.04 Å². The first-order valence-electron chi connectivity index (χ1n) is 10.0. The normalized spacial score (nSPS) is 18.9. The van der Waals surface area contributed by atoms with Gasteiger partial charge < -0.3 is 20.7 Å². The Kier molecular flexibility index (Phi) is 11.3. The molecule has 1 aromatic rings. The van der Waals surface area contributed by atoms with Gasteiger partial charge in [-0.1, -0.05) is 37.3 Å². The Balaban J connectivity index is 0.00000364. The van der Waals surface area contributed by atoms with Crippen LogP contribution >= 0.6 is 24.0 Å². The van der Waals surface area contributed by atoms with E-state index in [1.807, 2.05) is 0 Å². The molecule has 1 saturated heterocycles. The van der Waals surface area contributed by atoms with Crippen molar-refractivity contribution in [3.05, 3.63) is 35.9 Å². The number of benzene rings is 1. The van der Waals surface area contributed by atoms with Gasteiger partial charge in [0, 0.05) is 37.4 Å². The summed E-state index contributed by atoms with van der Waals surface area (Å²) in [4.78, 5) is 4.92. The summed E-state index contributed by atoms with van der Waals surface area (Å²) in [6.07, 6.45) is 3.04. The highest BCUT2D eigenvalue weighted by Crippen LogP contribution is 2.26. The summed E-state index contributed by atoms with van der Waals surface area (Å²) in [7, 11) is 0. The summed E-state index contributed by atoms with van der Waals surface area (Å²) < 4.78 is 5.63. The minimum Gasteiger partial charge on any atom is -0.381 e. The number of guanidine groups is 1. The van der Waals surface area contributed by atoms with Crippen molar-refractivity contribution >= 4 is 29.9 Å². The molecule has 1 aliphatic heterocycles. The first-order chi connectivity index (χ1) is 12.6. The number of hydrogen-bond donors (Lipinski definition) is 3. The van der Waals surface area contributed by atoms with E-state index >= 15 is 0 Å². The molecule has 2 unspecified atom stereocenters. The van der Waals surface area contributed by atoms with Crippen molar-refractivity contribution in [2.45, 2.75) is 64.6 Å². The average molecular weight is 488 g/mol. The van der Waals surface area contributed by atoms with Crippen LogP contribution in [0.15, 0.2) is 35.3 Å². The Labute approximate surface area is 182 Å². The van der Waals surface area contributed by atoms with Crippen LogP contribution in [0.1, 0.15) is 58.6 Å². The third-order valence-electron chi connectivity index (χ3n) is 5.15. The molecule has 0 aromatic heterocycles. The van der Waals surface area contributed by atoms with Crippen LogP contribution in [0.25, 0.3) is 0 Å². The summed E-state index contributed by atoms with van der Waals surface area (Å²) in [5, 5.41) is 10.7. The third-order valence-corrected chi connectivity index (χ3v) is 5.15. The molecule has 2 rings (SSSR count). The van der Waals surface area contributed by atoms with Crippen LogP contribution < -0.4 is 16.0 Å². The predicted octanol–water partition coefficient (Wildman–Crippen LogP) is 3.86. The summed E-state index contributed by atoms with van der Waals surface area (Å²) in [6.45, 7) is 11.9. The molecule has 27 heavy (non-hydrogen) atoms. The Hall–Kier alpha value is -0.860. The fraction of sp³-hybridized carbons (Fsp3) is 0.667. The van der Waals surface area contributed by atoms with Gasteiger partial charge in [0.15, 0.2) is 5.96 Å². The molecule has 1 heterocycles. The summed E-state index contributed by atoms with van der Waals surface area (Å²) in [5.74, 6) is 0.905. The second-order valence-electron chi connectivity index (χ2n) is 7.32. The molecule has 0 spiro atoms. The van der Waals surface area contributed by atoms with E-state index in [-0.39, 0.29) is 35.6 Å². The van der Waals surface area contributed by atoms with Crippen LogP contribution in [-0.2, 0) is 4.74 Å². The molecule has 2 atom stereocenters. The van der Waals surface area contributed by atoms with Crippen molar-refractivity contribution < 1.29 is 4.74 Å². The summed E-state index contributed by atoms with van der Waals surface area (Å²) in [5.41, 5.74) is 1.29. The van der Waals surface area contributed by atoms with Gasteiger partial charge in [-0.3, -0.25) is 4.99 Å². The lowest BCUT2D eigenvalue weighted by molar-refractivity contribution is 0.0374. The fourth-order valence-electron chi connectivity index (χ4n) is 3.28. The zero-order valence-electron chi connectivity index (χ0n) is 17.3. The first kappa shape index (κ1) is 24.2. The number of aliphatic imine (C=N–C) groups is 1. The van der Waals surface area contributed by atoms with Gasteiger partial charge in [-0.15, -0.1) is 24.0 Å². The maximum absolute atomic E-state index is 5.63. The van der Waals surface area contributed by atoms with Gasteiger partial charge in [-0.05, 0) is 45.6 Å². The Morgan fingerprint density at radius 2 is 1.81 bits per heavy atom. The number of halogens is 1.